The summed E-state index contributed by atoms with van der Waals surface area (Å²) in [6.45, 7) is 4.15. The van der Waals surface area contributed by atoms with Crippen LogP contribution in [0.4, 0.5) is 5.82 Å². The van der Waals surface area contributed by atoms with E-state index in [0.717, 1.165) is 17.0 Å². The summed E-state index contributed by atoms with van der Waals surface area (Å²) in [4.78, 5) is 14.6. The Balaban J connectivity index is 2.75. The molecular weight excluding hydrogens is 226 g/mol. The van der Waals surface area contributed by atoms with Crippen LogP contribution >= 0.6 is 11.6 Å². The highest BCUT2D eigenvalue weighted by molar-refractivity contribution is 6.28. The van der Waals surface area contributed by atoms with Crippen LogP contribution in [0.3, 0.4) is 0 Å². The molecule has 0 saturated heterocycles. The molecular formula is C10H14ClN5. The van der Waals surface area contributed by atoms with Crippen molar-refractivity contribution in [3.63, 3.8) is 0 Å². The molecule has 2 aromatic heterocycles. The molecule has 86 valence electrons. The Labute approximate surface area is 99.1 Å². The molecule has 0 radical (unpaired) electrons. The van der Waals surface area contributed by atoms with E-state index in [2.05, 4.69) is 28.8 Å². The van der Waals surface area contributed by atoms with Gasteiger partial charge in [-0.05, 0) is 25.4 Å². The molecule has 0 aliphatic rings. The maximum atomic E-state index is 5.91. The maximum Gasteiger partial charge on any atom is 0.226 e. The quantitative estimate of drug-likeness (QED) is 0.754. The first-order chi connectivity index (χ1) is 7.50. The zero-order chi connectivity index (χ0) is 11.9. The molecule has 0 amide bonds. The van der Waals surface area contributed by atoms with Gasteiger partial charge in [0.25, 0.3) is 0 Å². The van der Waals surface area contributed by atoms with Gasteiger partial charge < -0.3 is 9.47 Å². The van der Waals surface area contributed by atoms with Crippen LogP contribution in [0.25, 0.3) is 11.2 Å². The minimum atomic E-state index is 0.249. The number of rotatable bonds is 2. The summed E-state index contributed by atoms with van der Waals surface area (Å²) in [7, 11) is 3.82. The second-order valence-electron chi connectivity index (χ2n) is 4.13. The van der Waals surface area contributed by atoms with Crippen LogP contribution in [-0.4, -0.2) is 33.6 Å². The lowest BCUT2D eigenvalue weighted by molar-refractivity contribution is 0.612. The molecule has 16 heavy (non-hydrogen) atoms. The highest BCUT2D eigenvalue weighted by Gasteiger charge is 2.14. The van der Waals surface area contributed by atoms with E-state index >= 15 is 0 Å². The van der Waals surface area contributed by atoms with E-state index in [1.165, 1.54) is 0 Å². The molecule has 2 aromatic rings. The minimum absolute atomic E-state index is 0.249. The summed E-state index contributed by atoms with van der Waals surface area (Å²) in [5, 5.41) is 0.249. The van der Waals surface area contributed by atoms with E-state index in [1.807, 2.05) is 23.6 Å². The second-order valence-corrected chi connectivity index (χ2v) is 4.47. The molecule has 0 N–H and O–H groups in total. The molecule has 2 rings (SSSR count). The Morgan fingerprint density at radius 2 is 2.00 bits per heavy atom. The van der Waals surface area contributed by atoms with Crippen LogP contribution in [0.15, 0.2) is 6.33 Å². The van der Waals surface area contributed by atoms with Crippen LogP contribution in [0.2, 0.25) is 5.28 Å². The van der Waals surface area contributed by atoms with Crippen molar-refractivity contribution in [2.45, 2.75) is 19.9 Å². The van der Waals surface area contributed by atoms with Gasteiger partial charge in [-0.3, -0.25) is 0 Å². The van der Waals surface area contributed by atoms with Crippen molar-refractivity contribution in [2.24, 2.45) is 0 Å². The van der Waals surface area contributed by atoms with Crippen LogP contribution in [0.1, 0.15) is 19.9 Å². The van der Waals surface area contributed by atoms with Crippen molar-refractivity contribution in [1.82, 2.24) is 19.5 Å². The first kappa shape index (κ1) is 11.1. The lowest BCUT2D eigenvalue weighted by Crippen LogP contribution is -2.12. The van der Waals surface area contributed by atoms with Gasteiger partial charge in [0.15, 0.2) is 17.0 Å². The molecule has 5 nitrogen and oxygen atoms in total. The SMILES string of the molecule is CC(C)n1cnc2c(N(C)C)nc(Cl)nc21. The summed E-state index contributed by atoms with van der Waals surface area (Å²) in [6.07, 6.45) is 1.77. The van der Waals surface area contributed by atoms with Crippen molar-refractivity contribution in [2.75, 3.05) is 19.0 Å². The molecule has 6 heteroatoms. The van der Waals surface area contributed by atoms with E-state index in [1.54, 1.807) is 6.33 Å². The van der Waals surface area contributed by atoms with Gasteiger partial charge in [-0.1, -0.05) is 0 Å². The molecule has 0 aliphatic carbocycles. The number of hydrogen-bond donors (Lipinski definition) is 0. The third kappa shape index (κ3) is 1.71. The van der Waals surface area contributed by atoms with Crippen LogP contribution in [0.5, 0.6) is 0 Å². The number of halogens is 1. The molecule has 0 aliphatic heterocycles. The van der Waals surface area contributed by atoms with Gasteiger partial charge in [-0.25, -0.2) is 4.98 Å². The summed E-state index contributed by atoms with van der Waals surface area (Å²) in [5.74, 6) is 0.745. The smallest absolute Gasteiger partial charge is 0.226 e. The molecule has 0 aromatic carbocycles. The van der Waals surface area contributed by atoms with Crippen LogP contribution in [-0.2, 0) is 0 Å². The number of anilines is 1. The van der Waals surface area contributed by atoms with E-state index in [9.17, 15) is 0 Å². The molecule has 0 atom stereocenters. The lowest BCUT2D eigenvalue weighted by atomic mass is 10.4. The predicted molar refractivity (Wildman–Crippen MR) is 65.0 cm³/mol. The minimum Gasteiger partial charge on any atom is -0.361 e. The van der Waals surface area contributed by atoms with Crippen molar-refractivity contribution < 1.29 is 0 Å². The first-order valence-electron chi connectivity index (χ1n) is 5.08. The van der Waals surface area contributed by atoms with Gasteiger partial charge in [0.2, 0.25) is 5.28 Å². The number of hydrogen-bond acceptors (Lipinski definition) is 4. The Hall–Kier alpha value is -1.36. The third-order valence-corrected chi connectivity index (χ3v) is 2.52. The van der Waals surface area contributed by atoms with Crippen LogP contribution < -0.4 is 4.90 Å². The van der Waals surface area contributed by atoms with Crippen molar-refractivity contribution in [1.29, 1.82) is 0 Å². The van der Waals surface area contributed by atoms with Gasteiger partial charge in [0.1, 0.15) is 0 Å². The maximum absolute atomic E-state index is 5.91. The average molecular weight is 240 g/mol. The molecule has 2 heterocycles. The van der Waals surface area contributed by atoms with Gasteiger partial charge in [-0.15, -0.1) is 0 Å². The Morgan fingerprint density at radius 3 is 2.56 bits per heavy atom. The van der Waals surface area contributed by atoms with Crippen molar-refractivity contribution in [3.8, 4) is 0 Å². The van der Waals surface area contributed by atoms with E-state index < -0.39 is 0 Å². The first-order valence-corrected chi connectivity index (χ1v) is 5.46. The second kappa shape index (κ2) is 3.90. The lowest BCUT2D eigenvalue weighted by Gasteiger charge is -2.12. The fourth-order valence-electron chi connectivity index (χ4n) is 1.57. The summed E-state index contributed by atoms with van der Waals surface area (Å²) < 4.78 is 1.98. The standard InChI is InChI=1S/C10H14ClN5/c1-6(2)16-5-12-7-8(15(3)4)13-10(11)14-9(7)16/h5-6H,1-4H3. The molecule has 0 bridgehead atoms. The normalized spacial score (nSPS) is 11.4. The fraction of sp³-hybridized carbons (Fsp3) is 0.500. The Morgan fingerprint density at radius 1 is 1.31 bits per heavy atom. The molecule has 0 fully saturated rings. The fourth-order valence-corrected chi connectivity index (χ4v) is 1.73. The van der Waals surface area contributed by atoms with E-state index in [4.69, 9.17) is 11.6 Å². The van der Waals surface area contributed by atoms with Gasteiger partial charge in [0.05, 0.1) is 6.33 Å². The summed E-state index contributed by atoms with van der Waals surface area (Å²) >= 11 is 5.91. The highest BCUT2D eigenvalue weighted by atomic mass is 35.5. The highest BCUT2D eigenvalue weighted by Crippen LogP contribution is 2.24. The largest absolute Gasteiger partial charge is 0.361 e. The number of fused-ring (bicyclic) bond motifs is 1. The summed E-state index contributed by atoms with van der Waals surface area (Å²) in [6, 6.07) is 0.297. The zero-order valence-electron chi connectivity index (χ0n) is 9.77. The number of aromatic nitrogens is 4. The van der Waals surface area contributed by atoms with E-state index in [-0.39, 0.29) is 5.28 Å². The number of nitrogens with zero attached hydrogens (tertiary/aromatic N) is 5. The van der Waals surface area contributed by atoms with E-state index in [0.29, 0.717) is 6.04 Å². The van der Waals surface area contributed by atoms with Gasteiger partial charge in [-0.2, -0.15) is 9.97 Å². The van der Waals surface area contributed by atoms with Crippen molar-refractivity contribution in [3.05, 3.63) is 11.6 Å². The number of imidazole rings is 1. The van der Waals surface area contributed by atoms with Crippen LogP contribution in [0, 0.1) is 0 Å². The third-order valence-electron chi connectivity index (χ3n) is 2.36. The Bertz CT molecular complexity index is 517. The zero-order valence-corrected chi connectivity index (χ0v) is 10.5. The topological polar surface area (TPSA) is 46.8 Å². The van der Waals surface area contributed by atoms with Gasteiger partial charge >= 0.3 is 0 Å². The average Bonchev–Trinajstić information content (AvgIpc) is 2.59. The monoisotopic (exact) mass is 239 g/mol. The van der Waals surface area contributed by atoms with Crippen molar-refractivity contribution >= 4 is 28.6 Å². The molecule has 0 unspecified atom stereocenters. The predicted octanol–water partition coefficient (Wildman–Crippen LogP) is 2.13. The molecule has 0 spiro atoms. The summed E-state index contributed by atoms with van der Waals surface area (Å²) in [5.41, 5.74) is 1.56. The molecule has 0 saturated carbocycles. The van der Waals surface area contributed by atoms with Gasteiger partial charge in [0, 0.05) is 20.1 Å². The Kier molecular flexibility index (Phi) is 2.71.